The van der Waals surface area contributed by atoms with Gasteiger partial charge in [0.05, 0.1) is 4.92 Å². The summed E-state index contributed by atoms with van der Waals surface area (Å²) < 4.78 is 0. The van der Waals surface area contributed by atoms with Gasteiger partial charge in [-0.2, -0.15) is 5.26 Å². The second-order valence-corrected chi connectivity index (χ2v) is 4.92. The number of nitrogens with zero attached hydrogens (tertiary/aromatic N) is 2. The standard InChI is InChI=1S/C13H16N4O2/c14-8-10-3-4-11(7-12(10)17(18)19)16-13(9-15)5-1-2-6-13/h3-4,7,16H,1-2,5-6,9,15H2. The highest BCUT2D eigenvalue weighted by Gasteiger charge is 2.32. The van der Waals surface area contributed by atoms with Crippen molar-refractivity contribution in [2.75, 3.05) is 11.9 Å². The van der Waals surface area contributed by atoms with Crippen molar-refractivity contribution in [2.24, 2.45) is 5.73 Å². The van der Waals surface area contributed by atoms with Crippen molar-refractivity contribution < 1.29 is 4.92 Å². The number of nitro benzene ring substituents is 1. The molecular formula is C13H16N4O2. The Morgan fingerprint density at radius 3 is 2.68 bits per heavy atom. The SMILES string of the molecule is N#Cc1ccc(NC2(CN)CCCC2)cc1[N+](=O)[O-]. The van der Waals surface area contributed by atoms with Gasteiger partial charge in [-0.25, -0.2) is 0 Å². The molecule has 0 aliphatic heterocycles. The van der Waals surface area contributed by atoms with Gasteiger partial charge in [0.25, 0.3) is 5.69 Å². The second-order valence-electron chi connectivity index (χ2n) is 4.92. The van der Waals surface area contributed by atoms with Crippen molar-refractivity contribution >= 4 is 11.4 Å². The number of nitriles is 1. The summed E-state index contributed by atoms with van der Waals surface area (Å²) in [4.78, 5) is 10.4. The average Bonchev–Trinajstić information content (AvgIpc) is 2.87. The van der Waals surface area contributed by atoms with E-state index in [1.165, 1.54) is 12.1 Å². The number of nitrogens with one attached hydrogen (secondary N) is 1. The summed E-state index contributed by atoms with van der Waals surface area (Å²) >= 11 is 0. The van der Waals surface area contributed by atoms with Gasteiger partial charge >= 0.3 is 0 Å². The maximum atomic E-state index is 10.9. The van der Waals surface area contributed by atoms with Crippen LogP contribution in [0.5, 0.6) is 0 Å². The van der Waals surface area contributed by atoms with Gasteiger partial charge in [-0.15, -0.1) is 0 Å². The van der Waals surface area contributed by atoms with Gasteiger partial charge in [-0.05, 0) is 25.0 Å². The van der Waals surface area contributed by atoms with Crippen molar-refractivity contribution in [1.82, 2.24) is 0 Å². The quantitative estimate of drug-likeness (QED) is 0.637. The van der Waals surface area contributed by atoms with E-state index in [1.807, 2.05) is 6.07 Å². The highest BCUT2D eigenvalue weighted by Crippen LogP contribution is 2.33. The Balaban J connectivity index is 2.29. The van der Waals surface area contributed by atoms with Crippen LogP contribution in [0.4, 0.5) is 11.4 Å². The van der Waals surface area contributed by atoms with Crippen molar-refractivity contribution in [2.45, 2.75) is 31.2 Å². The van der Waals surface area contributed by atoms with E-state index in [4.69, 9.17) is 11.0 Å². The van der Waals surface area contributed by atoms with Gasteiger partial charge in [0.1, 0.15) is 11.6 Å². The van der Waals surface area contributed by atoms with Crippen LogP contribution >= 0.6 is 0 Å². The van der Waals surface area contributed by atoms with E-state index in [0.29, 0.717) is 12.2 Å². The molecule has 19 heavy (non-hydrogen) atoms. The van der Waals surface area contributed by atoms with Crippen LogP contribution in [0, 0.1) is 21.4 Å². The molecule has 0 heterocycles. The predicted molar refractivity (Wildman–Crippen MR) is 71.7 cm³/mol. The highest BCUT2D eigenvalue weighted by molar-refractivity contribution is 5.60. The van der Waals surface area contributed by atoms with Gasteiger partial charge in [0.15, 0.2) is 0 Å². The summed E-state index contributed by atoms with van der Waals surface area (Å²) in [5.41, 5.74) is 6.21. The summed E-state index contributed by atoms with van der Waals surface area (Å²) in [5.74, 6) is 0. The molecule has 1 aliphatic carbocycles. The van der Waals surface area contributed by atoms with E-state index in [2.05, 4.69) is 5.32 Å². The monoisotopic (exact) mass is 260 g/mol. The molecule has 1 fully saturated rings. The number of rotatable bonds is 4. The normalized spacial score (nSPS) is 16.8. The third-order valence-electron chi connectivity index (χ3n) is 3.68. The Kier molecular flexibility index (Phi) is 3.67. The van der Waals surface area contributed by atoms with E-state index in [-0.39, 0.29) is 16.8 Å². The first kappa shape index (κ1) is 13.3. The lowest BCUT2D eigenvalue weighted by Crippen LogP contribution is -2.42. The lowest BCUT2D eigenvalue weighted by Gasteiger charge is -2.30. The molecule has 6 heteroatoms. The zero-order valence-corrected chi connectivity index (χ0v) is 10.6. The van der Waals surface area contributed by atoms with Gasteiger partial charge in [-0.1, -0.05) is 12.8 Å². The summed E-state index contributed by atoms with van der Waals surface area (Å²) in [7, 11) is 0. The summed E-state index contributed by atoms with van der Waals surface area (Å²) in [6.07, 6.45) is 4.17. The van der Waals surface area contributed by atoms with Crippen LogP contribution in [0.25, 0.3) is 0 Å². The van der Waals surface area contributed by atoms with E-state index >= 15 is 0 Å². The van der Waals surface area contributed by atoms with Gasteiger partial charge < -0.3 is 11.1 Å². The molecule has 0 saturated heterocycles. The second kappa shape index (κ2) is 5.24. The molecule has 100 valence electrons. The fraction of sp³-hybridized carbons (Fsp3) is 0.462. The van der Waals surface area contributed by atoms with Crippen LogP contribution in [0.3, 0.4) is 0 Å². The zero-order valence-electron chi connectivity index (χ0n) is 10.6. The number of benzene rings is 1. The highest BCUT2D eigenvalue weighted by atomic mass is 16.6. The number of hydrogen-bond donors (Lipinski definition) is 2. The Bertz CT molecular complexity index is 530. The molecule has 0 amide bonds. The molecule has 1 saturated carbocycles. The van der Waals surface area contributed by atoms with Crippen LogP contribution in [0.2, 0.25) is 0 Å². The minimum Gasteiger partial charge on any atom is -0.378 e. The first-order chi connectivity index (χ1) is 9.10. The van der Waals surface area contributed by atoms with Gasteiger partial charge in [-0.3, -0.25) is 10.1 Å². The molecule has 0 atom stereocenters. The molecule has 0 radical (unpaired) electrons. The molecule has 1 aromatic carbocycles. The topological polar surface area (TPSA) is 105 Å². The van der Waals surface area contributed by atoms with E-state index in [0.717, 1.165) is 25.7 Å². The fourth-order valence-corrected chi connectivity index (χ4v) is 2.59. The minimum absolute atomic E-state index is 0.0729. The molecule has 3 N–H and O–H groups in total. The van der Waals surface area contributed by atoms with Crippen molar-refractivity contribution in [1.29, 1.82) is 5.26 Å². The average molecular weight is 260 g/mol. The van der Waals surface area contributed by atoms with Gasteiger partial charge in [0.2, 0.25) is 0 Å². The van der Waals surface area contributed by atoms with E-state index in [9.17, 15) is 10.1 Å². The molecule has 1 aliphatic rings. The van der Waals surface area contributed by atoms with E-state index in [1.54, 1.807) is 6.07 Å². The van der Waals surface area contributed by atoms with Gasteiger partial charge in [0, 0.05) is 23.8 Å². The molecule has 1 aromatic rings. The molecular weight excluding hydrogens is 244 g/mol. The minimum atomic E-state index is -0.534. The third kappa shape index (κ3) is 2.66. The summed E-state index contributed by atoms with van der Waals surface area (Å²) in [5, 5.41) is 23.1. The molecule has 2 rings (SSSR count). The largest absolute Gasteiger partial charge is 0.378 e. The number of hydrogen-bond acceptors (Lipinski definition) is 5. The zero-order chi connectivity index (χ0) is 13.9. The number of nitrogens with two attached hydrogens (primary N) is 1. The van der Waals surface area contributed by atoms with E-state index < -0.39 is 4.92 Å². The Labute approximate surface area is 111 Å². The van der Waals surface area contributed by atoms with Crippen LogP contribution < -0.4 is 11.1 Å². The fourth-order valence-electron chi connectivity index (χ4n) is 2.59. The summed E-state index contributed by atoms with van der Waals surface area (Å²) in [6.45, 7) is 0.501. The predicted octanol–water partition coefficient (Wildman–Crippen LogP) is 2.15. The molecule has 0 unspecified atom stereocenters. The third-order valence-corrected chi connectivity index (χ3v) is 3.68. The summed E-state index contributed by atoms with van der Waals surface area (Å²) in [6, 6.07) is 6.41. The first-order valence-electron chi connectivity index (χ1n) is 6.27. The van der Waals surface area contributed by atoms with Crippen molar-refractivity contribution in [3.63, 3.8) is 0 Å². The Morgan fingerprint density at radius 2 is 2.16 bits per heavy atom. The lowest BCUT2D eigenvalue weighted by molar-refractivity contribution is -0.385. The molecule has 0 bridgehead atoms. The maximum Gasteiger partial charge on any atom is 0.289 e. The van der Waals surface area contributed by atoms with Crippen molar-refractivity contribution in [3.05, 3.63) is 33.9 Å². The van der Waals surface area contributed by atoms with Crippen LogP contribution in [-0.2, 0) is 0 Å². The van der Waals surface area contributed by atoms with Crippen LogP contribution in [-0.4, -0.2) is 17.0 Å². The van der Waals surface area contributed by atoms with Crippen LogP contribution in [0.15, 0.2) is 18.2 Å². The number of nitro groups is 1. The van der Waals surface area contributed by atoms with Crippen molar-refractivity contribution in [3.8, 4) is 6.07 Å². The molecule has 0 aromatic heterocycles. The molecule has 0 spiro atoms. The first-order valence-corrected chi connectivity index (χ1v) is 6.27. The Hall–Kier alpha value is -2.13. The molecule has 6 nitrogen and oxygen atoms in total. The lowest BCUT2D eigenvalue weighted by atomic mass is 9.97. The van der Waals surface area contributed by atoms with Crippen LogP contribution in [0.1, 0.15) is 31.2 Å². The number of anilines is 1. The Morgan fingerprint density at radius 1 is 1.47 bits per heavy atom. The smallest absolute Gasteiger partial charge is 0.289 e. The maximum absolute atomic E-state index is 10.9.